The maximum absolute atomic E-state index is 15.1. The molecule has 0 spiro atoms. The number of aryl methyl sites for hydroxylation is 1. The van der Waals surface area contributed by atoms with Crippen LogP contribution in [0.25, 0.3) is 0 Å². The minimum atomic E-state index is -2.81. The summed E-state index contributed by atoms with van der Waals surface area (Å²) in [5.41, 5.74) is 3.36. The predicted molar refractivity (Wildman–Crippen MR) is 253 cm³/mol. The van der Waals surface area contributed by atoms with E-state index in [1.165, 1.54) is 10.4 Å². The second-order valence-corrected chi connectivity index (χ2v) is 22.7. The van der Waals surface area contributed by atoms with Crippen molar-refractivity contribution < 1.29 is 19.1 Å². The number of nitrogens with zero attached hydrogens (tertiary/aromatic N) is 2. The minimum absolute atomic E-state index is 0.0384. The van der Waals surface area contributed by atoms with Crippen LogP contribution in [0.3, 0.4) is 0 Å². The van der Waals surface area contributed by atoms with Crippen LogP contribution in [0.1, 0.15) is 124 Å². The van der Waals surface area contributed by atoms with Gasteiger partial charge in [-0.2, -0.15) is 0 Å². The third kappa shape index (κ3) is 9.80. The maximum Gasteiger partial charge on any atom is 0.261 e. The molecule has 5 aromatic rings. The van der Waals surface area contributed by atoms with Gasteiger partial charge in [-0.15, -0.1) is 0 Å². The first-order valence-corrected chi connectivity index (χ1v) is 24.5. The van der Waals surface area contributed by atoms with E-state index in [0.717, 1.165) is 48.8 Å². The molecule has 1 saturated carbocycles. The third-order valence-corrected chi connectivity index (χ3v) is 18.5. The molecule has 1 fully saturated rings. The second-order valence-electron chi connectivity index (χ2n) is 18.4. The Kier molecular flexibility index (Phi) is 14.9. The monoisotopic (exact) mass is 836 g/mol. The lowest BCUT2D eigenvalue weighted by Crippen LogP contribution is -2.67. The zero-order valence-corrected chi connectivity index (χ0v) is 38.7. The summed E-state index contributed by atoms with van der Waals surface area (Å²) in [5, 5.41) is 13.9. The quantitative estimate of drug-likeness (QED) is 0.0893. The number of hydrogen-bond donors (Lipinski definition) is 1. The van der Waals surface area contributed by atoms with E-state index in [-0.39, 0.29) is 22.4 Å². The summed E-state index contributed by atoms with van der Waals surface area (Å²) in [5.74, 6) is -0.0117. The van der Waals surface area contributed by atoms with Gasteiger partial charge in [-0.1, -0.05) is 168 Å². The molecule has 6 nitrogen and oxygen atoms in total. The van der Waals surface area contributed by atoms with Crippen molar-refractivity contribution in [3.63, 3.8) is 0 Å². The first kappa shape index (κ1) is 45.7. The molecule has 1 aliphatic rings. The Morgan fingerprint density at radius 2 is 1.18 bits per heavy atom. The van der Waals surface area contributed by atoms with Gasteiger partial charge in [-0.25, -0.2) is 0 Å². The van der Waals surface area contributed by atoms with Crippen LogP contribution in [0.4, 0.5) is 0 Å². The molecule has 0 saturated heterocycles. The molecule has 7 heteroatoms. The molecule has 5 aromatic carbocycles. The highest BCUT2D eigenvalue weighted by molar-refractivity contribution is 6.99. The molecule has 0 bridgehead atoms. The van der Waals surface area contributed by atoms with Gasteiger partial charge in [0.1, 0.15) is 0 Å². The van der Waals surface area contributed by atoms with Crippen LogP contribution >= 0.6 is 0 Å². The summed E-state index contributed by atoms with van der Waals surface area (Å²) in [7, 11) is -2.81. The second kappa shape index (κ2) is 19.9. The zero-order chi connectivity index (χ0) is 43.7. The van der Waals surface area contributed by atoms with Crippen molar-refractivity contribution in [3.05, 3.63) is 167 Å². The molecular formula is C54H68N2O4Si. The smallest absolute Gasteiger partial charge is 0.261 e. The van der Waals surface area contributed by atoms with Crippen molar-refractivity contribution >= 4 is 30.5 Å². The Hall–Kier alpha value is -4.82. The van der Waals surface area contributed by atoms with Gasteiger partial charge in [0.05, 0.1) is 18.2 Å². The molecule has 0 heterocycles. The largest absolute Gasteiger partial charge is 0.406 e. The van der Waals surface area contributed by atoms with Crippen molar-refractivity contribution in [2.45, 2.75) is 122 Å². The molecule has 61 heavy (non-hydrogen) atoms. The zero-order valence-electron chi connectivity index (χ0n) is 37.7. The summed E-state index contributed by atoms with van der Waals surface area (Å²) >= 11 is 0. The van der Waals surface area contributed by atoms with Gasteiger partial charge in [0, 0.05) is 29.8 Å². The van der Waals surface area contributed by atoms with Crippen LogP contribution in [0, 0.1) is 0 Å². The van der Waals surface area contributed by atoms with E-state index in [1.807, 2.05) is 78.6 Å². The summed E-state index contributed by atoms with van der Waals surface area (Å²) in [6.45, 7) is 16.7. The minimum Gasteiger partial charge on any atom is -0.406 e. The summed E-state index contributed by atoms with van der Waals surface area (Å²) in [6.07, 6.45) is 5.66. The van der Waals surface area contributed by atoms with E-state index in [1.54, 1.807) is 0 Å². The van der Waals surface area contributed by atoms with Gasteiger partial charge in [0.25, 0.3) is 20.1 Å². The van der Waals surface area contributed by atoms with Crippen molar-refractivity contribution in [2.24, 2.45) is 0 Å². The van der Waals surface area contributed by atoms with Gasteiger partial charge in [-0.05, 0) is 104 Å². The molecule has 1 aliphatic carbocycles. The van der Waals surface area contributed by atoms with E-state index in [9.17, 15) is 9.90 Å². The molecule has 2 amide bonds. The molecule has 0 radical (unpaired) electrons. The molecule has 1 atom stereocenters. The van der Waals surface area contributed by atoms with Crippen LogP contribution < -0.4 is 10.4 Å². The number of carbonyl (C=O) groups excluding carboxylic acids is 2. The molecule has 1 N–H and O–H groups in total. The van der Waals surface area contributed by atoms with Crippen LogP contribution in [0.2, 0.25) is 5.04 Å². The maximum atomic E-state index is 15.1. The van der Waals surface area contributed by atoms with Crippen molar-refractivity contribution in [1.29, 1.82) is 0 Å². The number of carbonyl (C=O) groups is 2. The van der Waals surface area contributed by atoms with Gasteiger partial charge in [-0.3, -0.25) is 9.59 Å². The van der Waals surface area contributed by atoms with Gasteiger partial charge in [0.2, 0.25) is 0 Å². The Bertz CT molecular complexity index is 2140. The lowest BCUT2D eigenvalue weighted by atomic mass is 9.89. The van der Waals surface area contributed by atoms with Crippen LogP contribution in [0.5, 0.6) is 0 Å². The number of benzene rings is 5. The molecular weight excluding hydrogens is 769 g/mol. The summed E-state index contributed by atoms with van der Waals surface area (Å²) in [4.78, 5) is 33.4. The Labute approximate surface area is 367 Å². The van der Waals surface area contributed by atoms with E-state index in [2.05, 4.69) is 119 Å². The predicted octanol–water partition coefficient (Wildman–Crippen LogP) is 10.4. The van der Waals surface area contributed by atoms with E-state index < -0.39 is 20.0 Å². The van der Waals surface area contributed by atoms with Crippen LogP contribution in [0.15, 0.2) is 140 Å². The topological polar surface area (TPSA) is 70.1 Å². The van der Waals surface area contributed by atoms with Gasteiger partial charge >= 0.3 is 0 Å². The third-order valence-electron chi connectivity index (χ3n) is 13.5. The SMILES string of the molecule is CCN(C(=O)c1ccccc1CC(O)CCc1ccccc1C(=O)N(CCO[Si](c1ccccc1)(c1ccccc1)C(C)(C)C)C1(CC)CCCC1)C(C)(C)c1ccccc1. The Balaban J connectivity index is 1.22. The standard InChI is InChI=1S/C54H68N2O4Si/c1-8-54(37-23-24-38-54)56(39-40-60-61(52(3,4)5,46-29-15-11-16-30-46)47-31-17-12-18-32-47)51(59)48-33-21-19-25-42(48)35-36-45(57)41-43-26-20-22-34-49(43)50(58)55(9-2)53(6,7)44-27-13-10-14-28-44/h10-22,25-34,45,57H,8-9,23-24,35-41H2,1-7H3. The molecule has 6 rings (SSSR count). The summed E-state index contributed by atoms with van der Waals surface area (Å²) < 4.78 is 7.37. The van der Waals surface area contributed by atoms with E-state index in [4.69, 9.17) is 4.43 Å². The van der Waals surface area contributed by atoms with Gasteiger partial charge < -0.3 is 19.3 Å². The van der Waals surface area contributed by atoms with Crippen molar-refractivity contribution in [2.75, 3.05) is 19.7 Å². The number of aliphatic hydroxyl groups excluding tert-OH is 1. The number of hydrogen-bond acceptors (Lipinski definition) is 4. The highest BCUT2D eigenvalue weighted by Gasteiger charge is 2.50. The molecule has 1 unspecified atom stereocenters. The molecule has 0 aliphatic heterocycles. The van der Waals surface area contributed by atoms with Crippen LogP contribution in [-0.2, 0) is 22.8 Å². The average Bonchev–Trinajstić information content (AvgIpc) is 3.76. The van der Waals surface area contributed by atoms with Gasteiger partial charge in [0.15, 0.2) is 0 Å². The summed E-state index contributed by atoms with van der Waals surface area (Å²) in [6, 6.07) is 47.1. The van der Waals surface area contributed by atoms with E-state index >= 15 is 4.79 Å². The highest BCUT2D eigenvalue weighted by atomic mass is 28.4. The van der Waals surface area contributed by atoms with Crippen molar-refractivity contribution in [3.8, 4) is 0 Å². The normalized spacial score (nSPS) is 14.7. The molecule has 0 aromatic heterocycles. The number of amides is 2. The van der Waals surface area contributed by atoms with Crippen molar-refractivity contribution in [1.82, 2.24) is 9.80 Å². The molecule has 322 valence electrons. The Morgan fingerprint density at radius 1 is 0.689 bits per heavy atom. The fourth-order valence-electron chi connectivity index (χ4n) is 10.1. The Morgan fingerprint density at radius 3 is 1.70 bits per heavy atom. The number of rotatable bonds is 18. The highest BCUT2D eigenvalue weighted by Crippen LogP contribution is 2.41. The van der Waals surface area contributed by atoms with E-state index in [0.29, 0.717) is 50.1 Å². The fourth-order valence-corrected chi connectivity index (χ4v) is 14.6. The first-order valence-electron chi connectivity index (χ1n) is 22.6. The number of aliphatic hydroxyl groups is 1. The van der Waals surface area contributed by atoms with Crippen LogP contribution in [-0.4, -0.2) is 66.4 Å². The fraction of sp³-hybridized carbons (Fsp3) is 0.407. The lowest BCUT2D eigenvalue weighted by Gasteiger charge is -2.45. The lowest BCUT2D eigenvalue weighted by molar-refractivity contribution is 0.0407. The average molecular weight is 837 g/mol. The first-order chi connectivity index (χ1) is 29.3.